The average molecular weight is 328 g/mol. The summed E-state index contributed by atoms with van der Waals surface area (Å²) in [6, 6.07) is 10.6. The zero-order chi connectivity index (χ0) is 16.4. The van der Waals surface area contributed by atoms with Gasteiger partial charge in [-0.3, -0.25) is 4.72 Å². The maximum Gasteiger partial charge on any atom is 0.303 e. The molecule has 1 aromatic carbocycles. The van der Waals surface area contributed by atoms with E-state index < -0.39 is 10.2 Å². The quantitative estimate of drug-likeness (QED) is 0.881. The summed E-state index contributed by atoms with van der Waals surface area (Å²) in [5.74, 6) is 0.311. The first-order valence-electron chi connectivity index (χ1n) is 7.19. The van der Waals surface area contributed by atoms with Gasteiger partial charge in [-0.1, -0.05) is 24.3 Å². The molecule has 0 atom stereocenters. The molecular formula is C16H16N4O2S. The molecule has 0 saturated heterocycles. The summed E-state index contributed by atoms with van der Waals surface area (Å²) in [7, 11) is -3.67. The maximum atomic E-state index is 12.5. The predicted octanol–water partition coefficient (Wildman–Crippen LogP) is 2.66. The summed E-state index contributed by atoms with van der Waals surface area (Å²) in [6.07, 6.45) is 0.635. The van der Waals surface area contributed by atoms with Crippen molar-refractivity contribution in [2.24, 2.45) is 0 Å². The zero-order valence-electron chi connectivity index (χ0n) is 12.7. The Morgan fingerprint density at radius 2 is 2.09 bits per heavy atom. The molecule has 1 N–H and O–H groups in total. The van der Waals surface area contributed by atoms with Crippen molar-refractivity contribution in [3.8, 4) is 0 Å². The van der Waals surface area contributed by atoms with E-state index in [0.29, 0.717) is 24.5 Å². The molecule has 1 aromatic heterocycles. The van der Waals surface area contributed by atoms with E-state index in [-0.39, 0.29) is 6.54 Å². The summed E-state index contributed by atoms with van der Waals surface area (Å²) in [5, 5.41) is 0. The molecule has 0 radical (unpaired) electrons. The fourth-order valence-corrected chi connectivity index (χ4v) is 3.74. The van der Waals surface area contributed by atoms with Crippen LogP contribution in [0.5, 0.6) is 0 Å². The minimum absolute atomic E-state index is 0.264. The van der Waals surface area contributed by atoms with Crippen molar-refractivity contribution in [1.29, 1.82) is 0 Å². The van der Waals surface area contributed by atoms with Gasteiger partial charge in [-0.2, -0.15) is 12.7 Å². The molecule has 0 amide bonds. The third kappa shape index (κ3) is 3.33. The number of hydrogen-bond donors (Lipinski definition) is 1. The van der Waals surface area contributed by atoms with Gasteiger partial charge in [0.25, 0.3) is 0 Å². The van der Waals surface area contributed by atoms with Crippen LogP contribution in [0.3, 0.4) is 0 Å². The van der Waals surface area contributed by atoms with Crippen molar-refractivity contribution in [1.82, 2.24) is 9.29 Å². The number of aromatic nitrogens is 1. The highest BCUT2D eigenvalue weighted by atomic mass is 32.2. The number of rotatable bonds is 3. The highest BCUT2D eigenvalue weighted by Gasteiger charge is 2.27. The minimum atomic E-state index is -3.67. The van der Waals surface area contributed by atoms with Gasteiger partial charge in [0.2, 0.25) is 0 Å². The summed E-state index contributed by atoms with van der Waals surface area (Å²) in [5.41, 5.74) is 3.25. The third-order valence-corrected chi connectivity index (χ3v) is 5.22. The topological polar surface area (TPSA) is 66.7 Å². The fourth-order valence-electron chi connectivity index (χ4n) is 2.59. The Bertz CT molecular complexity index is 887. The van der Waals surface area contributed by atoms with Crippen molar-refractivity contribution in [3.05, 3.63) is 64.6 Å². The van der Waals surface area contributed by atoms with Gasteiger partial charge < -0.3 is 0 Å². The smallest absolute Gasteiger partial charge is 0.254 e. The third-order valence-electron chi connectivity index (χ3n) is 3.76. The lowest BCUT2D eigenvalue weighted by Crippen LogP contribution is -2.39. The van der Waals surface area contributed by atoms with Crippen molar-refractivity contribution >= 4 is 21.7 Å². The number of fused-ring (bicyclic) bond motifs is 1. The number of anilines is 1. The summed E-state index contributed by atoms with van der Waals surface area (Å²) in [4.78, 5) is 7.57. The molecule has 6 nitrogen and oxygen atoms in total. The van der Waals surface area contributed by atoms with Crippen LogP contribution in [0.1, 0.15) is 16.8 Å². The monoisotopic (exact) mass is 328 g/mol. The van der Waals surface area contributed by atoms with E-state index in [1.165, 1.54) is 4.31 Å². The van der Waals surface area contributed by atoms with Crippen LogP contribution in [0.15, 0.2) is 36.4 Å². The summed E-state index contributed by atoms with van der Waals surface area (Å²) < 4.78 is 29.0. The van der Waals surface area contributed by atoms with Gasteiger partial charge in [-0.25, -0.2) is 9.83 Å². The second kappa shape index (κ2) is 5.99. The normalized spacial score (nSPS) is 14.8. The molecule has 0 fully saturated rings. The molecule has 2 heterocycles. The summed E-state index contributed by atoms with van der Waals surface area (Å²) in [6.45, 7) is 9.55. The molecule has 1 aliphatic heterocycles. The molecule has 0 spiro atoms. The lowest BCUT2D eigenvalue weighted by atomic mass is 10.0. The SMILES string of the molecule is [C-]#[N+]c1ccc2c(c1)CN(S(=O)(=O)Nc1cccc(C)n1)CC2. The van der Waals surface area contributed by atoms with Gasteiger partial charge in [0.1, 0.15) is 5.82 Å². The van der Waals surface area contributed by atoms with Crippen LogP contribution in [-0.4, -0.2) is 24.3 Å². The Kier molecular flexibility index (Phi) is 4.03. The Labute approximate surface area is 135 Å². The number of nitrogens with one attached hydrogen (secondary N) is 1. The van der Waals surface area contributed by atoms with Gasteiger partial charge in [0.15, 0.2) is 5.69 Å². The van der Waals surface area contributed by atoms with Crippen LogP contribution in [-0.2, 0) is 23.2 Å². The molecule has 3 rings (SSSR count). The van der Waals surface area contributed by atoms with E-state index in [0.717, 1.165) is 16.8 Å². The molecule has 118 valence electrons. The highest BCUT2D eigenvalue weighted by Crippen LogP contribution is 2.26. The van der Waals surface area contributed by atoms with Gasteiger partial charge in [0.05, 0.1) is 6.57 Å². The molecule has 23 heavy (non-hydrogen) atoms. The second-order valence-corrected chi connectivity index (χ2v) is 7.09. The van der Waals surface area contributed by atoms with Crippen LogP contribution in [0, 0.1) is 13.5 Å². The molecule has 1 aliphatic rings. The molecule has 7 heteroatoms. The largest absolute Gasteiger partial charge is 0.303 e. The zero-order valence-corrected chi connectivity index (χ0v) is 13.5. The van der Waals surface area contributed by atoms with E-state index in [2.05, 4.69) is 14.6 Å². The fraction of sp³-hybridized carbons (Fsp3) is 0.250. The van der Waals surface area contributed by atoms with Crippen LogP contribution in [0.25, 0.3) is 4.85 Å². The Morgan fingerprint density at radius 1 is 1.26 bits per heavy atom. The van der Waals surface area contributed by atoms with Crippen LogP contribution >= 0.6 is 0 Å². The Hall–Kier alpha value is -2.43. The van der Waals surface area contributed by atoms with Crippen molar-refractivity contribution in [2.45, 2.75) is 19.9 Å². The van der Waals surface area contributed by atoms with Gasteiger partial charge in [-0.15, -0.1) is 0 Å². The van der Waals surface area contributed by atoms with E-state index >= 15 is 0 Å². The molecule has 0 saturated carbocycles. The number of nitrogens with zero attached hydrogens (tertiary/aromatic N) is 3. The first-order valence-corrected chi connectivity index (χ1v) is 8.63. The lowest BCUT2D eigenvalue weighted by molar-refractivity contribution is 0.394. The van der Waals surface area contributed by atoms with Crippen molar-refractivity contribution in [2.75, 3.05) is 11.3 Å². The standard InChI is InChI=1S/C16H16N4O2S/c1-12-4-3-5-16(18-12)19-23(21,22)20-9-8-13-6-7-15(17-2)10-14(13)11-20/h3-7,10H,8-9,11H2,1H3,(H,18,19). The van der Waals surface area contributed by atoms with Crippen LogP contribution < -0.4 is 4.72 Å². The van der Waals surface area contributed by atoms with Crippen molar-refractivity contribution < 1.29 is 8.42 Å². The number of aryl methyl sites for hydroxylation is 1. The molecular weight excluding hydrogens is 312 g/mol. The maximum absolute atomic E-state index is 12.5. The van der Waals surface area contributed by atoms with Gasteiger partial charge >= 0.3 is 10.2 Å². The number of benzene rings is 1. The van der Waals surface area contributed by atoms with Gasteiger partial charge in [-0.05, 0) is 36.6 Å². The van der Waals surface area contributed by atoms with Gasteiger partial charge in [0, 0.05) is 18.8 Å². The predicted molar refractivity (Wildman–Crippen MR) is 88.3 cm³/mol. The highest BCUT2D eigenvalue weighted by molar-refractivity contribution is 7.90. The second-order valence-electron chi connectivity index (χ2n) is 5.42. The molecule has 0 aliphatic carbocycles. The Balaban J connectivity index is 1.83. The van der Waals surface area contributed by atoms with Crippen molar-refractivity contribution in [3.63, 3.8) is 0 Å². The first-order chi connectivity index (χ1) is 11.0. The van der Waals surface area contributed by atoms with E-state index in [1.54, 1.807) is 37.3 Å². The van der Waals surface area contributed by atoms with Crippen LogP contribution in [0.4, 0.5) is 11.5 Å². The molecule has 0 unspecified atom stereocenters. The number of pyridine rings is 1. The molecule has 2 aromatic rings. The Morgan fingerprint density at radius 3 is 2.83 bits per heavy atom. The lowest BCUT2D eigenvalue weighted by Gasteiger charge is -2.28. The first kappa shape index (κ1) is 15.5. The summed E-state index contributed by atoms with van der Waals surface area (Å²) >= 11 is 0. The van der Waals surface area contributed by atoms with E-state index in [1.807, 2.05) is 6.07 Å². The minimum Gasteiger partial charge on any atom is -0.254 e. The molecule has 0 bridgehead atoms. The van der Waals surface area contributed by atoms with Crippen LogP contribution in [0.2, 0.25) is 0 Å². The average Bonchev–Trinajstić information content (AvgIpc) is 2.53. The van der Waals surface area contributed by atoms with E-state index in [9.17, 15) is 8.42 Å². The number of hydrogen-bond acceptors (Lipinski definition) is 3. The van der Waals surface area contributed by atoms with E-state index in [4.69, 9.17) is 6.57 Å².